The molecule has 0 radical (unpaired) electrons. The summed E-state index contributed by atoms with van der Waals surface area (Å²) in [5.41, 5.74) is 1.60. The van der Waals surface area contributed by atoms with Crippen LogP contribution in [-0.2, 0) is 6.42 Å². The van der Waals surface area contributed by atoms with Crippen molar-refractivity contribution in [3.05, 3.63) is 29.9 Å². The summed E-state index contributed by atoms with van der Waals surface area (Å²) < 4.78 is 10.0. The van der Waals surface area contributed by atoms with Crippen molar-refractivity contribution in [2.24, 2.45) is 5.92 Å². The zero-order valence-electron chi connectivity index (χ0n) is 12.9. The van der Waals surface area contributed by atoms with Crippen molar-refractivity contribution in [2.45, 2.75) is 27.2 Å². The SMILES string of the molecule is C/C=C(\C=N)c1ccnc(CCN(C[I-]O)CC(C)C)n1. The molecule has 0 saturated heterocycles. The van der Waals surface area contributed by atoms with Crippen molar-refractivity contribution >= 4 is 11.8 Å². The monoisotopic (exact) mass is 403 g/mol. The van der Waals surface area contributed by atoms with Crippen LogP contribution in [0.5, 0.6) is 0 Å². The van der Waals surface area contributed by atoms with E-state index >= 15 is 0 Å². The number of hydrogen-bond acceptors (Lipinski definition) is 5. The summed E-state index contributed by atoms with van der Waals surface area (Å²) in [6, 6.07) is 1.83. The Kier molecular flexibility index (Phi) is 8.63. The van der Waals surface area contributed by atoms with E-state index in [1.165, 1.54) is 6.21 Å². The van der Waals surface area contributed by atoms with E-state index in [-0.39, 0.29) is 0 Å². The Morgan fingerprint density at radius 3 is 2.86 bits per heavy atom. The molecule has 0 aliphatic rings. The van der Waals surface area contributed by atoms with E-state index in [1.807, 2.05) is 19.1 Å². The second kappa shape index (κ2) is 9.97. The van der Waals surface area contributed by atoms with Crippen molar-refractivity contribution in [1.29, 1.82) is 5.41 Å². The fraction of sp³-hybridized carbons (Fsp3) is 0.533. The molecule has 0 aromatic carbocycles. The van der Waals surface area contributed by atoms with Gasteiger partial charge in [0, 0.05) is 0 Å². The van der Waals surface area contributed by atoms with Crippen LogP contribution in [0.3, 0.4) is 0 Å². The summed E-state index contributed by atoms with van der Waals surface area (Å²) in [4.78, 5) is 11.1. The number of nitrogens with one attached hydrogen (secondary N) is 1. The number of nitrogens with zero attached hydrogens (tertiary/aromatic N) is 3. The molecule has 0 aliphatic heterocycles. The molecule has 118 valence electrons. The van der Waals surface area contributed by atoms with Gasteiger partial charge in [0.15, 0.2) is 0 Å². The topological polar surface area (TPSA) is 73.1 Å². The van der Waals surface area contributed by atoms with E-state index in [4.69, 9.17) is 5.41 Å². The molecule has 0 unspecified atom stereocenters. The summed E-state index contributed by atoms with van der Waals surface area (Å²) in [6.45, 7) is 8.11. The first kappa shape index (κ1) is 18.2. The number of rotatable bonds is 9. The van der Waals surface area contributed by atoms with Gasteiger partial charge >= 0.3 is 138 Å². The number of allylic oxidation sites excluding steroid dienone is 2. The van der Waals surface area contributed by atoms with Crippen LogP contribution in [0.1, 0.15) is 32.3 Å². The van der Waals surface area contributed by atoms with Crippen molar-refractivity contribution < 1.29 is 25.1 Å². The molecular formula is C15H24IN4O-. The van der Waals surface area contributed by atoms with E-state index in [9.17, 15) is 3.44 Å². The predicted octanol–water partition coefficient (Wildman–Crippen LogP) is -1.02. The Balaban J connectivity index is 2.69. The summed E-state index contributed by atoms with van der Waals surface area (Å²) in [7, 11) is 0. The zero-order valence-corrected chi connectivity index (χ0v) is 15.0. The fourth-order valence-electron chi connectivity index (χ4n) is 2.04. The van der Waals surface area contributed by atoms with Gasteiger partial charge in [0.1, 0.15) is 0 Å². The molecule has 1 rings (SSSR count). The summed E-state index contributed by atoms with van der Waals surface area (Å²) in [5, 5.41) is 7.38. The molecule has 21 heavy (non-hydrogen) atoms. The van der Waals surface area contributed by atoms with E-state index in [2.05, 4.69) is 28.7 Å². The second-order valence-corrected chi connectivity index (χ2v) is 6.57. The molecule has 0 atom stereocenters. The molecule has 5 nitrogen and oxygen atoms in total. The Labute approximate surface area is 137 Å². The standard InChI is InChI=1S/C15H24IN4O/c1-4-13(9-17)14-5-7-18-15(19-14)6-8-20(11-16-21)10-12(2)3/h4-5,7,9,12,17,21H,6,8,10-11H2,1-3H3/q-1/b13-4+,17-9?. The van der Waals surface area contributed by atoms with Crippen LogP contribution in [0.2, 0.25) is 0 Å². The summed E-state index contributed by atoms with van der Waals surface area (Å²) in [6.07, 6.45) is 5.70. The van der Waals surface area contributed by atoms with Gasteiger partial charge in [0.2, 0.25) is 0 Å². The molecule has 1 aromatic rings. The zero-order chi connectivity index (χ0) is 15.7. The molecule has 0 spiro atoms. The minimum atomic E-state index is -0.724. The molecule has 0 fully saturated rings. The quantitative estimate of drug-likeness (QED) is 0.240. The van der Waals surface area contributed by atoms with Crippen molar-refractivity contribution in [3.63, 3.8) is 0 Å². The third-order valence-corrected chi connectivity index (χ3v) is 4.24. The Hall–Kier alpha value is -0.860. The van der Waals surface area contributed by atoms with Gasteiger partial charge in [-0.1, -0.05) is 0 Å². The predicted molar refractivity (Wildman–Crippen MR) is 81.7 cm³/mol. The maximum absolute atomic E-state index is 9.23. The second-order valence-electron chi connectivity index (χ2n) is 5.21. The van der Waals surface area contributed by atoms with Crippen LogP contribution in [-0.4, -0.2) is 42.2 Å². The molecule has 0 bridgehead atoms. The van der Waals surface area contributed by atoms with Gasteiger partial charge in [-0.15, -0.1) is 0 Å². The normalized spacial score (nSPS) is 12.4. The first-order valence-electron chi connectivity index (χ1n) is 7.05. The first-order valence-corrected chi connectivity index (χ1v) is 9.54. The molecular weight excluding hydrogens is 379 g/mol. The fourth-order valence-corrected chi connectivity index (χ4v) is 3.09. The van der Waals surface area contributed by atoms with E-state index < -0.39 is 21.6 Å². The van der Waals surface area contributed by atoms with Crippen molar-refractivity contribution in [3.8, 4) is 0 Å². The van der Waals surface area contributed by atoms with Crippen molar-refractivity contribution in [1.82, 2.24) is 14.9 Å². The molecule has 1 aromatic heterocycles. The van der Waals surface area contributed by atoms with E-state index in [0.717, 1.165) is 41.2 Å². The van der Waals surface area contributed by atoms with Crippen LogP contribution >= 0.6 is 0 Å². The van der Waals surface area contributed by atoms with Gasteiger partial charge in [-0.3, -0.25) is 0 Å². The third-order valence-electron chi connectivity index (χ3n) is 2.97. The van der Waals surface area contributed by atoms with Crippen LogP contribution in [0.15, 0.2) is 18.3 Å². The van der Waals surface area contributed by atoms with Gasteiger partial charge in [-0.2, -0.15) is 0 Å². The van der Waals surface area contributed by atoms with Gasteiger partial charge in [0.05, 0.1) is 0 Å². The number of hydrogen-bond donors (Lipinski definition) is 2. The molecule has 1 heterocycles. The van der Waals surface area contributed by atoms with Crippen LogP contribution in [0.4, 0.5) is 0 Å². The van der Waals surface area contributed by atoms with Gasteiger partial charge in [-0.05, 0) is 0 Å². The number of aromatic nitrogens is 2. The molecule has 0 saturated carbocycles. The average molecular weight is 403 g/mol. The van der Waals surface area contributed by atoms with Gasteiger partial charge in [-0.25, -0.2) is 0 Å². The Morgan fingerprint density at radius 2 is 2.29 bits per heavy atom. The van der Waals surface area contributed by atoms with Gasteiger partial charge < -0.3 is 0 Å². The minimum absolute atomic E-state index is 0.584. The van der Waals surface area contributed by atoms with Gasteiger partial charge in [0.25, 0.3) is 0 Å². The van der Waals surface area contributed by atoms with Crippen LogP contribution < -0.4 is 21.6 Å². The summed E-state index contributed by atoms with van der Waals surface area (Å²) >= 11 is -0.724. The van der Waals surface area contributed by atoms with E-state index in [1.54, 1.807) is 6.20 Å². The van der Waals surface area contributed by atoms with Crippen LogP contribution in [0, 0.1) is 11.3 Å². The molecule has 0 amide bonds. The van der Waals surface area contributed by atoms with Crippen molar-refractivity contribution in [2.75, 3.05) is 17.6 Å². The Morgan fingerprint density at radius 1 is 1.52 bits per heavy atom. The first-order chi connectivity index (χ1) is 10.1. The molecule has 0 aliphatic carbocycles. The number of alkyl halides is 1. The van der Waals surface area contributed by atoms with Crippen LogP contribution in [0.25, 0.3) is 5.57 Å². The third kappa shape index (κ3) is 6.62. The Bertz CT molecular complexity index is 476. The molecule has 6 heteroatoms. The maximum atomic E-state index is 9.23. The van der Waals surface area contributed by atoms with E-state index in [0.29, 0.717) is 5.92 Å². The summed E-state index contributed by atoms with van der Waals surface area (Å²) in [5.74, 6) is 1.37. The molecule has 2 N–H and O–H groups in total. The average Bonchev–Trinajstić information content (AvgIpc) is 2.46. The number of halogens is 1.